The Balaban J connectivity index is 2.25. The second kappa shape index (κ2) is 5.72. The van der Waals surface area contributed by atoms with Crippen LogP contribution in [0.25, 0.3) is 0 Å². The molecule has 98 valence electrons. The van der Waals surface area contributed by atoms with E-state index in [1.807, 2.05) is 6.92 Å². The van der Waals surface area contributed by atoms with Crippen LogP contribution in [0.15, 0.2) is 36.4 Å². The van der Waals surface area contributed by atoms with Gasteiger partial charge in [-0.05, 0) is 48.4 Å². The summed E-state index contributed by atoms with van der Waals surface area (Å²) in [5, 5.41) is 0.855. The summed E-state index contributed by atoms with van der Waals surface area (Å²) in [6.45, 7) is 1.82. The second-order valence-electron chi connectivity index (χ2n) is 4.29. The zero-order valence-corrected chi connectivity index (χ0v) is 11.7. The van der Waals surface area contributed by atoms with E-state index in [0.29, 0.717) is 16.1 Å². The normalized spacial score (nSPS) is 10.5. The highest BCUT2D eigenvalue weighted by atomic mass is 35.5. The van der Waals surface area contributed by atoms with Crippen molar-refractivity contribution in [2.24, 2.45) is 0 Å². The summed E-state index contributed by atoms with van der Waals surface area (Å²) in [5.41, 5.74) is 2.03. The van der Waals surface area contributed by atoms with Crippen LogP contribution in [0.4, 0.5) is 4.39 Å². The van der Waals surface area contributed by atoms with E-state index in [4.69, 9.17) is 23.2 Å². The molecule has 0 aliphatic carbocycles. The number of hydrogen-bond donors (Lipinski definition) is 0. The monoisotopic (exact) mass is 296 g/mol. The van der Waals surface area contributed by atoms with Crippen LogP contribution in [0.2, 0.25) is 10.0 Å². The van der Waals surface area contributed by atoms with Crippen LogP contribution >= 0.6 is 23.2 Å². The minimum absolute atomic E-state index is 0.0670. The number of Topliss-reactive ketones (excluding diaryl/α,β-unsaturated/α-hetero) is 1. The predicted molar refractivity (Wildman–Crippen MR) is 75.6 cm³/mol. The largest absolute Gasteiger partial charge is 0.294 e. The molecule has 19 heavy (non-hydrogen) atoms. The van der Waals surface area contributed by atoms with Crippen molar-refractivity contribution in [2.75, 3.05) is 0 Å². The van der Waals surface area contributed by atoms with E-state index in [9.17, 15) is 9.18 Å². The molecule has 2 rings (SSSR count). The fraction of sp³-hybridized carbons (Fsp3) is 0.133. The van der Waals surface area contributed by atoms with E-state index in [0.717, 1.165) is 5.56 Å². The van der Waals surface area contributed by atoms with Crippen LogP contribution in [0.5, 0.6) is 0 Å². The predicted octanol–water partition coefficient (Wildman–Crippen LogP) is 4.87. The van der Waals surface area contributed by atoms with Crippen LogP contribution in [0.3, 0.4) is 0 Å². The van der Waals surface area contributed by atoms with E-state index in [1.54, 1.807) is 18.2 Å². The molecule has 0 saturated carbocycles. The highest BCUT2D eigenvalue weighted by Crippen LogP contribution is 2.21. The van der Waals surface area contributed by atoms with Crippen molar-refractivity contribution in [1.82, 2.24) is 0 Å². The molecular formula is C15H11Cl2FO. The Hall–Kier alpha value is -1.38. The second-order valence-corrected chi connectivity index (χ2v) is 5.14. The van der Waals surface area contributed by atoms with E-state index in [2.05, 4.69) is 0 Å². The maximum atomic E-state index is 12.9. The number of hydrogen-bond acceptors (Lipinski definition) is 1. The van der Waals surface area contributed by atoms with Crippen LogP contribution in [0.1, 0.15) is 21.5 Å². The quantitative estimate of drug-likeness (QED) is 0.739. The van der Waals surface area contributed by atoms with Gasteiger partial charge < -0.3 is 0 Å². The molecule has 0 heterocycles. The van der Waals surface area contributed by atoms with Gasteiger partial charge in [-0.25, -0.2) is 4.39 Å². The van der Waals surface area contributed by atoms with Gasteiger partial charge in [0.1, 0.15) is 5.82 Å². The van der Waals surface area contributed by atoms with Crippen LogP contribution in [0, 0.1) is 12.7 Å². The van der Waals surface area contributed by atoms with Crippen molar-refractivity contribution in [2.45, 2.75) is 13.3 Å². The van der Waals surface area contributed by atoms with E-state index < -0.39 is 5.82 Å². The lowest BCUT2D eigenvalue weighted by Gasteiger charge is -2.07. The van der Waals surface area contributed by atoms with Crippen LogP contribution < -0.4 is 0 Å². The Kier molecular flexibility index (Phi) is 4.23. The molecule has 4 heteroatoms. The summed E-state index contributed by atoms with van der Waals surface area (Å²) in [7, 11) is 0. The molecule has 0 bridgehead atoms. The minimum atomic E-state index is -0.413. The molecule has 0 spiro atoms. The van der Waals surface area contributed by atoms with Crippen molar-refractivity contribution in [1.29, 1.82) is 0 Å². The third kappa shape index (κ3) is 3.34. The third-order valence-electron chi connectivity index (χ3n) is 2.85. The van der Waals surface area contributed by atoms with Crippen molar-refractivity contribution >= 4 is 29.0 Å². The molecule has 0 aliphatic heterocycles. The first-order chi connectivity index (χ1) is 8.97. The maximum absolute atomic E-state index is 12.9. The number of ketones is 1. The van der Waals surface area contributed by atoms with Gasteiger partial charge in [-0.1, -0.05) is 29.3 Å². The van der Waals surface area contributed by atoms with Crippen molar-refractivity contribution in [3.05, 3.63) is 69.0 Å². The zero-order valence-electron chi connectivity index (χ0n) is 10.2. The number of halogens is 3. The molecule has 0 aliphatic rings. The highest BCUT2D eigenvalue weighted by molar-refractivity contribution is 6.31. The van der Waals surface area contributed by atoms with E-state index in [1.165, 1.54) is 18.2 Å². The highest BCUT2D eigenvalue weighted by Gasteiger charge is 2.12. The number of benzene rings is 2. The van der Waals surface area contributed by atoms with Gasteiger partial charge in [-0.3, -0.25) is 4.79 Å². The average molecular weight is 297 g/mol. The van der Waals surface area contributed by atoms with Gasteiger partial charge in [0.05, 0.1) is 0 Å². The lowest BCUT2D eigenvalue weighted by molar-refractivity contribution is 0.0992. The summed E-state index contributed by atoms with van der Waals surface area (Å²) in [6.07, 6.45) is 0.140. The summed E-state index contributed by atoms with van der Waals surface area (Å²) in [4.78, 5) is 12.2. The van der Waals surface area contributed by atoms with Gasteiger partial charge in [0.2, 0.25) is 0 Å². The van der Waals surface area contributed by atoms with Crippen LogP contribution in [-0.4, -0.2) is 5.78 Å². The van der Waals surface area contributed by atoms with Gasteiger partial charge in [0.15, 0.2) is 5.78 Å². The van der Waals surface area contributed by atoms with Gasteiger partial charge in [-0.2, -0.15) is 0 Å². The number of carbonyl (C=O) groups excluding carboxylic acids is 1. The lowest BCUT2D eigenvalue weighted by Crippen LogP contribution is -2.06. The molecule has 0 amide bonds. The topological polar surface area (TPSA) is 17.1 Å². The Bertz CT molecular complexity index is 638. The van der Waals surface area contributed by atoms with Gasteiger partial charge in [-0.15, -0.1) is 0 Å². The molecule has 0 unspecified atom stereocenters. The summed E-state index contributed by atoms with van der Waals surface area (Å²) in [6, 6.07) is 9.13. The molecule has 0 fully saturated rings. The maximum Gasteiger partial charge on any atom is 0.167 e. The first-order valence-electron chi connectivity index (χ1n) is 5.70. The summed E-state index contributed by atoms with van der Waals surface area (Å²) in [5.74, 6) is -0.480. The van der Waals surface area contributed by atoms with Crippen molar-refractivity contribution < 1.29 is 9.18 Å². The molecule has 1 nitrogen and oxygen atoms in total. The molecule has 0 N–H and O–H groups in total. The lowest BCUT2D eigenvalue weighted by atomic mass is 9.99. The smallest absolute Gasteiger partial charge is 0.167 e. The van der Waals surface area contributed by atoms with Crippen molar-refractivity contribution in [3.63, 3.8) is 0 Å². The Labute approximate surface area is 121 Å². The first kappa shape index (κ1) is 14.0. The van der Waals surface area contributed by atoms with Crippen LogP contribution in [-0.2, 0) is 6.42 Å². The Morgan fingerprint density at radius 2 is 1.89 bits per heavy atom. The van der Waals surface area contributed by atoms with Gasteiger partial charge in [0, 0.05) is 22.0 Å². The SMILES string of the molecule is Cc1cc(Cl)ccc1C(=O)Cc1ccc(F)cc1Cl. The summed E-state index contributed by atoms with van der Waals surface area (Å²) >= 11 is 11.8. The first-order valence-corrected chi connectivity index (χ1v) is 6.46. The summed E-state index contributed by atoms with van der Waals surface area (Å²) < 4.78 is 12.9. The third-order valence-corrected chi connectivity index (χ3v) is 3.44. The fourth-order valence-electron chi connectivity index (χ4n) is 1.87. The van der Waals surface area contributed by atoms with Crippen molar-refractivity contribution in [3.8, 4) is 0 Å². The Morgan fingerprint density at radius 3 is 2.53 bits per heavy atom. The fourth-order valence-corrected chi connectivity index (χ4v) is 2.33. The Morgan fingerprint density at radius 1 is 1.16 bits per heavy atom. The molecule has 0 aromatic heterocycles. The molecule has 0 saturated heterocycles. The van der Waals surface area contributed by atoms with E-state index >= 15 is 0 Å². The molecule has 0 atom stereocenters. The molecule has 2 aromatic rings. The number of carbonyl (C=O) groups is 1. The number of rotatable bonds is 3. The zero-order chi connectivity index (χ0) is 14.0. The van der Waals surface area contributed by atoms with Gasteiger partial charge in [0.25, 0.3) is 0 Å². The van der Waals surface area contributed by atoms with E-state index in [-0.39, 0.29) is 17.2 Å². The van der Waals surface area contributed by atoms with Gasteiger partial charge >= 0.3 is 0 Å². The standard InChI is InChI=1S/C15H11Cl2FO/c1-9-6-11(16)3-5-13(9)15(19)7-10-2-4-12(18)8-14(10)17/h2-6,8H,7H2,1H3. The average Bonchev–Trinajstić information content (AvgIpc) is 2.32. The molecule has 2 aromatic carbocycles. The molecule has 0 radical (unpaired) electrons. The molecular weight excluding hydrogens is 286 g/mol. The minimum Gasteiger partial charge on any atom is -0.294 e. The number of aryl methyl sites for hydroxylation is 1.